The molecule has 0 heterocycles. The molecule has 0 unspecified atom stereocenters. The van der Waals surface area contributed by atoms with Crippen LogP contribution >= 0.6 is 0 Å². The second kappa shape index (κ2) is 7.70. The Morgan fingerprint density at radius 1 is 1.44 bits per heavy atom. The Hall–Kier alpha value is -0.300. The molecule has 0 saturated heterocycles. The lowest BCUT2D eigenvalue weighted by atomic mass is 10.4. The number of unbranched alkanes of at least 4 members (excludes halogenated alkanes) is 1. The number of ether oxygens (including phenoxy) is 1. The van der Waals surface area contributed by atoms with Crippen molar-refractivity contribution in [3.05, 3.63) is 12.2 Å². The van der Waals surface area contributed by atoms with Gasteiger partial charge in [-0.1, -0.05) is 25.5 Å². The van der Waals surface area contributed by atoms with E-state index in [1.54, 1.807) is 0 Å². The molecule has 1 heteroatoms. The summed E-state index contributed by atoms with van der Waals surface area (Å²) < 4.78 is 5.23. The maximum absolute atomic E-state index is 5.23. The fourth-order valence-corrected chi connectivity index (χ4v) is 0.494. The van der Waals surface area contributed by atoms with Gasteiger partial charge in [-0.15, -0.1) is 0 Å². The zero-order chi connectivity index (χ0) is 6.95. The van der Waals surface area contributed by atoms with Crippen molar-refractivity contribution in [3.63, 3.8) is 0 Å². The molecule has 0 radical (unpaired) electrons. The van der Waals surface area contributed by atoms with Crippen molar-refractivity contribution >= 4 is 0 Å². The molecule has 0 aromatic rings. The monoisotopic (exact) mass is 128 g/mol. The minimum atomic E-state index is 0.774. The first-order chi connectivity index (χ1) is 4.41. The summed E-state index contributed by atoms with van der Waals surface area (Å²) in [5.74, 6) is 0. The second-order valence-electron chi connectivity index (χ2n) is 2.00. The first kappa shape index (κ1) is 8.70. The number of hydrogen-bond acceptors (Lipinski definition) is 1. The van der Waals surface area contributed by atoms with Crippen molar-refractivity contribution in [2.45, 2.75) is 26.7 Å². The van der Waals surface area contributed by atoms with Gasteiger partial charge in [0.25, 0.3) is 0 Å². The molecule has 0 spiro atoms. The van der Waals surface area contributed by atoms with Gasteiger partial charge in [-0.2, -0.15) is 0 Å². The first-order valence-corrected chi connectivity index (χ1v) is 3.60. The molecule has 0 aliphatic heterocycles. The number of allylic oxidation sites excluding steroid dienone is 1. The van der Waals surface area contributed by atoms with Crippen LogP contribution in [0.2, 0.25) is 0 Å². The number of hydrogen-bond donors (Lipinski definition) is 0. The Bertz CT molecular complexity index is 67.0. The van der Waals surface area contributed by atoms with Crippen LogP contribution in [-0.4, -0.2) is 13.2 Å². The van der Waals surface area contributed by atoms with E-state index >= 15 is 0 Å². The zero-order valence-electron chi connectivity index (χ0n) is 6.39. The van der Waals surface area contributed by atoms with Crippen LogP contribution < -0.4 is 0 Å². The molecular weight excluding hydrogens is 112 g/mol. The van der Waals surface area contributed by atoms with E-state index in [0.29, 0.717) is 0 Å². The smallest absolute Gasteiger partial charge is 0.0647 e. The highest BCUT2D eigenvalue weighted by molar-refractivity contribution is 4.75. The minimum Gasteiger partial charge on any atom is -0.377 e. The molecule has 54 valence electrons. The van der Waals surface area contributed by atoms with Crippen molar-refractivity contribution in [3.8, 4) is 0 Å². The Morgan fingerprint density at radius 3 is 2.78 bits per heavy atom. The van der Waals surface area contributed by atoms with Gasteiger partial charge >= 0.3 is 0 Å². The summed E-state index contributed by atoms with van der Waals surface area (Å²) in [5.41, 5.74) is 0. The largest absolute Gasteiger partial charge is 0.377 e. The van der Waals surface area contributed by atoms with Gasteiger partial charge in [0.15, 0.2) is 0 Å². The SMILES string of the molecule is CC=CCOCCCC. The molecule has 0 amide bonds. The molecule has 0 rings (SSSR count). The van der Waals surface area contributed by atoms with Gasteiger partial charge in [0, 0.05) is 6.61 Å². The lowest BCUT2D eigenvalue weighted by molar-refractivity contribution is 0.159. The summed E-state index contributed by atoms with van der Waals surface area (Å²) in [6, 6.07) is 0. The van der Waals surface area contributed by atoms with E-state index in [1.165, 1.54) is 12.8 Å². The Labute approximate surface area is 57.7 Å². The summed E-state index contributed by atoms with van der Waals surface area (Å²) in [7, 11) is 0. The predicted octanol–water partition coefficient (Wildman–Crippen LogP) is 2.38. The fraction of sp³-hybridized carbons (Fsp3) is 0.750. The predicted molar refractivity (Wildman–Crippen MR) is 40.5 cm³/mol. The van der Waals surface area contributed by atoms with Crippen molar-refractivity contribution in [1.82, 2.24) is 0 Å². The highest BCUT2D eigenvalue weighted by Crippen LogP contribution is 1.87. The normalized spacial score (nSPS) is 10.9. The molecule has 0 fully saturated rings. The highest BCUT2D eigenvalue weighted by Gasteiger charge is 1.80. The molecule has 0 aliphatic carbocycles. The summed E-state index contributed by atoms with van der Waals surface area (Å²) in [6.45, 7) is 5.85. The third-order valence-electron chi connectivity index (χ3n) is 1.09. The molecule has 0 aliphatic rings. The fourth-order valence-electron chi connectivity index (χ4n) is 0.494. The van der Waals surface area contributed by atoms with Crippen LogP contribution in [0.1, 0.15) is 26.7 Å². The van der Waals surface area contributed by atoms with Crippen LogP contribution in [0.5, 0.6) is 0 Å². The average molecular weight is 128 g/mol. The number of rotatable bonds is 5. The maximum Gasteiger partial charge on any atom is 0.0647 e. The topological polar surface area (TPSA) is 9.23 Å². The molecule has 0 bridgehead atoms. The zero-order valence-corrected chi connectivity index (χ0v) is 6.39. The summed E-state index contributed by atoms with van der Waals surface area (Å²) in [6.07, 6.45) is 6.43. The summed E-state index contributed by atoms with van der Waals surface area (Å²) >= 11 is 0. The molecule has 0 aromatic heterocycles. The van der Waals surface area contributed by atoms with Gasteiger partial charge in [-0.25, -0.2) is 0 Å². The third-order valence-corrected chi connectivity index (χ3v) is 1.09. The van der Waals surface area contributed by atoms with Crippen molar-refractivity contribution in [2.75, 3.05) is 13.2 Å². The quantitative estimate of drug-likeness (QED) is 0.408. The van der Waals surface area contributed by atoms with E-state index in [-0.39, 0.29) is 0 Å². The Kier molecular flexibility index (Phi) is 7.44. The highest BCUT2D eigenvalue weighted by atomic mass is 16.5. The van der Waals surface area contributed by atoms with Crippen molar-refractivity contribution < 1.29 is 4.74 Å². The van der Waals surface area contributed by atoms with Crippen LogP contribution in [0.25, 0.3) is 0 Å². The maximum atomic E-state index is 5.23. The van der Waals surface area contributed by atoms with E-state index in [9.17, 15) is 0 Å². The van der Waals surface area contributed by atoms with Gasteiger partial charge in [0.05, 0.1) is 6.61 Å². The van der Waals surface area contributed by atoms with Gasteiger partial charge < -0.3 is 4.74 Å². The molecule has 9 heavy (non-hydrogen) atoms. The van der Waals surface area contributed by atoms with E-state index < -0.39 is 0 Å². The van der Waals surface area contributed by atoms with E-state index in [1.807, 2.05) is 19.1 Å². The molecular formula is C8H16O. The summed E-state index contributed by atoms with van der Waals surface area (Å²) in [5, 5.41) is 0. The van der Waals surface area contributed by atoms with Gasteiger partial charge in [0.2, 0.25) is 0 Å². The molecule has 1 nitrogen and oxygen atoms in total. The van der Waals surface area contributed by atoms with E-state index in [2.05, 4.69) is 6.92 Å². The van der Waals surface area contributed by atoms with Crippen molar-refractivity contribution in [1.29, 1.82) is 0 Å². The van der Waals surface area contributed by atoms with E-state index in [0.717, 1.165) is 13.2 Å². The average Bonchev–Trinajstić information content (AvgIpc) is 1.89. The van der Waals surface area contributed by atoms with Gasteiger partial charge in [-0.05, 0) is 13.3 Å². The van der Waals surface area contributed by atoms with Crippen LogP contribution in [0.3, 0.4) is 0 Å². The van der Waals surface area contributed by atoms with Crippen molar-refractivity contribution in [2.24, 2.45) is 0 Å². The molecule has 0 aromatic carbocycles. The van der Waals surface area contributed by atoms with E-state index in [4.69, 9.17) is 4.74 Å². The van der Waals surface area contributed by atoms with Crippen LogP contribution in [0, 0.1) is 0 Å². The molecule has 0 saturated carbocycles. The van der Waals surface area contributed by atoms with Gasteiger partial charge in [-0.3, -0.25) is 0 Å². The third kappa shape index (κ3) is 7.70. The Balaban J connectivity index is 2.75. The van der Waals surface area contributed by atoms with Crippen LogP contribution in [-0.2, 0) is 4.74 Å². The second-order valence-corrected chi connectivity index (χ2v) is 2.00. The lowest BCUT2D eigenvalue weighted by Gasteiger charge is -1.96. The minimum absolute atomic E-state index is 0.774. The van der Waals surface area contributed by atoms with Crippen LogP contribution in [0.4, 0.5) is 0 Å². The molecule has 0 atom stereocenters. The summed E-state index contributed by atoms with van der Waals surface area (Å²) in [4.78, 5) is 0. The van der Waals surface area contributed by atoms with Gasteiger partial charge in [0.1, 0.15) is 0 Å². The van der Waals surface area contributed by atoms with Crippen LogP contribution in [0.15, 0.2) is 12.2 Å². The molecule has 0 N–H and O–H groups in total. The first-order valence-electron chi connectivity index (χ1n) is 3.60. The Morgan fingerprint density at radius 2 is 2.22 bits per heavy atom. The lowest BCUT2D eigenvalue weighted by Crippen LogP contribution is -1.92. The standard InChI is InChI=1S/C8H16O/c1-3-5-7-9-8-6-4-2/h3,5H,4,6-8H2,1-2H3.